The van der Waals surface area contributed by atoms with E-state index in [2.05, 4.69) is 21.4 Å². The summed E-state index contributed by atoms with van der Waals surface area (Å²) >= 11 is 0. The average Bonchev–Trinajstić information content (AvgIpc) is 2.14. The molecule has 0 aliphatic carbocycles. The standard InChI is InChI=1S/C7H9ClN2O4S/c1-5(15(8,12)13)10-6(4-9-2)7(11)14-3/h4H,2H2,1,3H3/b6-4-,10-5?. The van der Waals surface area contributed by atoms with Crippen molar-refractivity contribution >= 4 is 37.5 Å². The third-order valence-corrected chi connectivity index (χ3v) is 2.71. The van der Waals surface area contributed by atoms with E-state index in [-0.39, 0.29) is 5.70 Å². The van der Waals surface area contributed by atoms with E-state index in [1.807, 2.05) is 0 Å². The summed E-state index contributed by atoms with van der Waals surface area (Å²) < 4.78 is 25.9. The monoisotopic (exact) mass is 252 g/mol. The lowest BCUT2D eigenvalue weighted by Crippen LogP contribution is -2.08. The summed E-state index contributed by atoms with van der Waals surface area (Å²) in [7, 11) is 2.17. The van der Waals surface area contributed by atoms with Crippen LogP contribution in [0.5, 0.6) is 0 Å². The van der Waals surface area contributed by atoms with Gasteiger partial charge in [-0.2, -0.15) is 0 Å². The number of carbonyl (C=O) groups is 1. The molecule has 0 aliphatic heterocycles. The highest BCUT2D eigenvalue weighted by atomic mass is 35.7. The van der Waals surface area contributed by atoms with Crippen LogP contribution in [0.25, 0.3) is 0 Å². The molecular formula is C7H9ClN2O4S. The second-order valence-electron chi connectivity index (χ2n) is 2.26. The fourth-order valence-electron chi connectivity index (χ4n) is 0.542. The molecule has 0 N–H and O–H groups in total. The van der Waals surface area contributed by atoms with E-state index in [0.29, 0.717) is 0 Å². The molecule has 0 saturated heterocycles. The number of ether oxygens (including phenoxy) is 1. The molecule has 0 aromatic rings. The van der Waals surface area contributed by atoms with Gasteiger partial charge in [-0.1, -0.05) is 0 Å². The Bertz CT molecular complexity index is 424. The Morgan fingerprint density at radius 1 is 1.53 bits per heavy atom. The van der Waals surface area contributed by atoms with Crippen LogP contribution in [0, 0.1) is 0 Å². The minimum Gasteiger partial charge on any atom is -0.464 e. The molecule has 0 saturated carbocycles. The number of halogens is 1. The van der Waals surface area contributed by atoms with E-state index < -0.39 is 20.1 Å². The van der Waals surface area contributed by atoms with Crippen LogP contribution in [0.2, 0.25) is 0 Å². The first-order valence-corrected chi connectivity index (χ1v) is 5.88. The molecule has 0 fully saturated rings. The second kappa shape index (κ2) is 5.62. The van der Waals surface area contributed by atoms with Crippen molar-refractivity contribution in [2.24, 2.45) is 9.98 Å². The molecule has 0 aromatic heterocycles. The molecule has 0 atom stereocenters. The van der Waals surface area contributed by atoms with Crippen molar-refractivity contribution in [1.29, 1.82) is 0 Å². The zero-order valence-corrected chi connectivity index (χ0v) is 9.67. The summed E-state index contributed by atoms with van der Waals surface area (Å²) in [5.74, 6) is -0.831. The SMILES string of the molecule is C=N/C=C(\N=C(C)S(=O)(=O)Cl)C(=O)OC. The Labute approximate surface area is 91.7 Å². The van der Waals surface area contributed by atoms with E-state index >= 15 is 0 Å². The Morgan fingerprint density at radius 3 is 2.40 bits per heavy atom. The van der Waals surface area contributed by atoms with Crippen molar-refractivity contribution in [1.82, 2.24) is 0 Å². The van der Waals surface area contributed by atoms with Gasteiger partial charge in [-0.25, -0.2) is 18.2 Å². The first kappa shape index (κ1) is 13.8. The molecule has 84 valence electrons. The Morgan fingerprint density at radius 2 is 2.07 bits per heavy atom. The number of esters is 1. The van der Waals surface area contributed by atoms with Gasteiger partial charge in [0.05, 0.1) is 13.3 Å². The van der Waals surface area contributed by atoms with Crippen LogP contribution in [0.15, 0.2) is 21.9 Å². The van der Waals surface area contributed by atoms with Gasteiger partial charge < -0.3 is 4.74 Å². The smallest absolute Gasteiger partial charge is 0.358 e. The molecule has 0 aromatic carbocycles. The summed E-state index contributed by atoms with van der Waals surface area (Å²) in [5.41, 5.74) is -0.297. The first-order valence-electron chi connectivity index (χ1n) is 3.57. The maximum Gasteiger partial charge on any atom is 0.358 e. The molecule has 0 heterocycles. The minimum absolute atomic E-state index is 0.297. The van der Waals surface area contributed by atoms with E-state index in [1.54, 1.807) is 0 Å². The third kappa shape index (κ3) is 4.71. The van der Waals surface area contributed by atoms with Crippen molar-refractivity contribution in [2.75, 3.05) is 7.11 Å². The van der Waals surface area contributed by atoms with Gasteiger partial charge in [-0.3, -0.25) is 4.99 Å². The topological polar surface area (TPSA) is 85.2 Å². The summed E-state index contributed by atoms with van der Waals surface area (Å²) in [6, 6.07) is 0. The summed E-state index contributed by atoms with van der Waals surface area (Å²) in [5, 5.41) is -0.426. The molecule has 6 nitrogen and oxygen atoms in total. The zero-order chi connectivity index (χ0) is 12.1. The van der Waals surface area contributed by atoms with Crippen molar-refractivity contribution in [3.8, 4) is 0 Å². The fraction of sp³-hybridized carbons (Fsp3) is 0.286. The summed E-state index contributed by atoms with van der Waals surface area (Å²) in [4.78, 5) is 17.8. The molecule has 0 rings (SSSR count). The predicted octanol–water partition coefficient (Wildman–Crippen LogP) is 0.688. The molecular weight excluding hydrogens is 244 g/mol. The molecule has 0 spiro atoms. The highest BCUT2D eigenvalue weighted by Crippen LogP contribution is 2.06. The van der Waals surface area contributed by atoms with Crippen molar-refractivity contribution in [3.63, 3.8) is 0 Å². The van der Waals surface area contributed by atoms with E-state index in [9.17, 15) is 13.2 Å². The van der Waals surface area contributed by atoms with Crippen LogP contribution in [0.3, 0.4) is 0 Å². The summed E-state index contributed by atoms with van der Waals surface area (Å²) in [6.45, 7) is 4.24. The van der Waals surface area contributed by atoms with Gasteiger partial charge in [0.25, 0.3) is 9.05 Å². The minimum atomic E-state index is -3.95. The normalized spacial score (nSPS) is 13.5. The van der Waals surface area contributed by atoms with Crippen molar-refractivity contribution in [2.45, 2.75) is 6.92 Å². The van der Waals surface area contributed by atoms with Crippen molar-refractivity contribution < 1.29 is 17.9 Å². The van der Waals surface area contributed by atoms with Gasteiger partial charge in [0.15, 0.2) is 5.70 Å². The number of hydrogen-bond donors (Lipinski definition) is 0. The Balaban J connectivity index is 5.27. The van der Waals surface area contributed by atoms with Crippen LogP contribution in [-0.4, -0.2) is 33.3 Å². The number of aliphatic imine (C=N–C) groups is 2. The van der Waals surface area contributed by atoms with Gasteiger partial charge >= 0.3 is 5.97 Å². The molecule has 0 amide bonds. The molecule has 15 heavy (non-hydrogen) atoms. The molecule has 0 unspecified atom stereocenters. The first-order chi connectivity index (χ1) is 6.82. The zero-order valence-electron chi connectivity index (χ0n) is 8.10. The van der Waals surface area contributed by atoms with Crippen molar-refractivity contribution in [3.05, 3.63) is 11.9 Å². The van der Waals surface area contributed by atoms with Crippen LogP contribution in [0.1, 0.15) is 6.92 Å². The van der Waals surface area contributed by atoms with Crippen LogP contribution < -0.4 is 0 Å². The lowest BCUT2D eigenvalue weighted by Gasteiger charge is -1.99. The van der Waals surface area contributed by atoms with Crippen LogP contribution >= 0.6 is 10.7 Å². The second-order valence-corrected chi connectivity index (χ2v) is 4.94. The fourth-order valence-corrected chi connectivity index (χ4v) is 0.853. The van der Waals surface area contributed by atoms with Crippen LogP contribution in [0.4, 0.5) is 0 Å². The highest BCUT2D eigenvalue weighted by molar-refractivity contribution is 8.25. The maximum absolute atomic E-state index is 11.0. The van der Waals surface area contributed by atoms with Gasteiger partial charge in [-0.05, 0) is 13.6 Å². The lowest BCUT2D eigenvalue weighted by molar-refractivity contribution is -0.136. The number of carbonyl (C=O) groups excluding carboxylic acids is 1. The summed E-state index contributed by atoms with van der Waals surface area (Å²) in [6.07, 6.45) is 0.970. The number of hydrogen-bond acceptors (Lipinski definition) is 6. The van der Waals surface area contributed by atoms with E-state index in [1.165, 1.54) is 0 Å². The van der Waals surface area contributed by atoms with Gasteiger partial charge in [0.1, 0.15) is 5.04 Å². The number of nitrogens with zero attached hydrogens (tertiary/aromatic N) is 2. The molecule has 0 bridgehead atoms. The molecule has 0 aliphatic rings. The Kier molecular flexibility index (Phi) is 5.16. The van der Waals surface area contributed by atoms with Crippen LogP contribution in [-0.2, 0) is 18.6 Å². The van der Waals surface area contributed by atoms with Gasteiger partial charge in [0.2, 0.25) is 0 Å². The predicted molar refractivity (Wildman–Crippen MR) is 57.5 cm³/mol. The number of methoxy groups -OCH3 is 1. The highest BCUT2D eigenvalue weighted by Gasteiger charge is 2.14. The average molecular weight is 253 g/mol. The van der Waals surface area contributed by atoms with Gasteiger partial charge in [0, 0.05) is 10.7 Å². The van der Waals surface area contributed by atoms with E-state index in [4.69, 9.17) is 10.7 Å². The number of rotatable bonds is 3. The quantitative estimate of drug-likeness (QED) is 0.243. The maximum atomic E-state index is 11.0. The lowest BCUT2D eigenvalue weighted by atomic mass is 10.5. The molecule has 8 heteroatoms. The molecule has 0 radical (unpaired) electrons. The van der Waals surface area contributed by atoms with Gasteiger partial charge in [-0.15, -0.1) is 0 Å². The van der Waals surface area contributed by atoms with E-state index in [0.717, 1.165) is 20.2 Å². The Hall–Kier alpha value is -1.21. The largest absolute Gasteiger partial charge is 0.464 e. The third-order valence-electron chi connectivity index (χ3n) is 1.24.